The van der Waals surface area contributed by atoms with E-state index in [0.717, 1.165) is 23.4 Å². The van der Waals surface area contributed by atoms with Crippen LogP contribution in [0.2, 0.25) is 0 Å². The minimum Gasteiger partial charge on any atom is -0.465 e. The van der Waals surface area contributed by atoms with Gasteiger partial charge in [0.05, 0.1) is 22.9 Å². The van der Waals surface area contributed by atoms with Gasteiger partial charge >= 0.3 is 6.09 Å². The monoisotopic (exact) mass is 469 g/mol. The number of carbonyl (C=O) groups excluding carboxylic acids is 1. The highest BCUT2D eigenvalue weighted by atomic mass is 16.4. The summed E-state index contributed by atoms with van der Waals surface area (Å²) in [6, 6.07) is 20.6. The van der Waals surface area contributed by atoms with Crippen LogP contribution >= 0.6 is 0 Å². The first-order valence-electron chi connectivity index (χ1n) is 11.4. The maximum absolute atomic E-state index is 13.0. The van der Waals surface area contributed by atoms with Gasteiger partial charge in [-0.3, -0.25) is 14.7 Å². The lowest BCUT2D eigenvalue weighted by Crippen LogP contribution is -2.53. The third-order valence-corrected chi connectivity index (χ3v) is 6.33. The number of anilines is 1. The maximum Gasteiger partial charge on any atom is 0.407 e. The van der Waals surface area contributed by atoms with Crippen LogP contribution in [0.3, 0.4) is 0 Å². The van der Waals surface area contributed by atoms with E-state index in [1.165, 1.54) is 11.1 Å². The van der Waals surface area contributed by atoms with Crippen LogP contribution in [0, 0.1) is 11.3 Å². The number of nitriles is 1. The Hall–Kier alpha value is -4.22. The molecule has 0 bridgehead atoms. The summed E-state index contributed by atoms with van der Waals surface area (Å²) in [5, 5.41) is 18.6. The third kappa shape index (κ3) is 5.31. The van der Waals surface area contributed by atoms with E-state index in [4.69, 9.17) is 0 Å². The van der Waals surface area contributed by atoms with Gasteiger partial charge in [0.2, 0.25) is 0 Å². The summed E-state index contributed by atoms with van der Waals surface area (Å²) in [6.45, 7) is 4.53. The molecule has 0 saturated carbocycles. The zero-order valence-corrected chi connectivity index (χ0v) is 19.8. The van der Waals surface area contributed by atoms with E-state index in [1.54, 1.807) is 36.2 Å². The molecular formula is C27H27N5O3. The minimum absolute atomic E-state index is 0.0438. The van der Waals surface area contributed by atoms with E-state index >= 15 is 0 Å². The van der Waals surface area contributed by atoms with Gasteiger partial charge in [0.25, 0.3) is 5.91 Å². The van der Waals surface area contributed by atoms with Gasteiger partial charge in [0, 0.05) is 56.7 Å². The molecule has 35 heavy (non-hydrogen) atoms. The van der Waals surface area contributed by atoms with E-state index < -0.39 is 6.09 Å². The van der Waals surface area contributed by atoms with Gasteiger partial charge in [0.15, 0.2) is 0 Å². The lowest BCUT2D eigenvalue weighted by atomic mass is 10.0. The molecule has 0 spiro atoms. The molecule has 0 aliphatic carbocycles. The Morgan fingerprint density at radius 1 is 1.11 bits per heavy atom. The summed E-state index contributed by atoms with van der Waals surface area (Å²) in [7, 11) is 1.73. The van der Waals surface area contributed by atoms with Crippen LogP contribution in [0.1, 0.15) is 28.4 Å². The van der Waals surface area contributed by atoms with Crippen LogP contribution < -0.4 is 4.90 Å². The molecule has 2 aromatic carbocycles. The number of pyridine rings is 1. The van der Waals surface area contributed by atoms with Crippen LogP contribution in [-0.4, -0.2) is 64.6 Å². The average Bonchev–Trinajstić information content (AvgIpc) is 2.88. The molecule has 1 aromatic heterocycles. The fraction of sp³-hybridized carbons (Fsp3) is 0.259. The molecule has 2 heterocycles. The molecule has 1 aliphatic rings. The van der Waals surface area contributed by atoms with E-state index in [0.29, 0.717) is 36.5 Å². The highest BCUT2D eigenvalue weighted by molar-refractivity contribution is 6.05. The summed E-state index contributed by atoms with van der Waals surface area (Å²) in [5.41, 5.74) is 4.24. The van der Waals surface area contributed by atoms with Crippen molar-refractivity contribution in [2.45, 2.75) is 19.5 Å². The van der Waals surface area contributed by atoms with Gasteiger partial charge in [-0.2, -0.15) is 5.26 Å². The second kappa shape index (κ2) is 10.4. The minimum atomic E-state index is -0.869. The van der Waals surface area contributed by atoms with Crippen molar-refractivity contribution in [2.75, 3.05) is 31.6 Å². The van der Waals surface area contributed by atoms with Crippen LogP contribution in [0.4, 0.5) is 10.5 Å². The average molecular weight is 470 g/mol. The highest BCUT2D eigenvalue weighted by Crippen LogP contribution is 2.23. The fourth-order valence-corrected chi connectivity index (χ4v) is 4.34. The summed E-state index contributed by atoms with van der Waals surface area (Å²) in [4.78, 5) is 34.0. The predicted octanol–water partition coefficient (Wildman–Crippen LogP) is 4.08. The molecular weight excluding hydrogens is 442 g/mol. The summed E-state index contributed by atoms with van der Waals surface area (Å²) in [5.74, 6) is -0.177. The molecule has 1 fully saturated rings. The van der Waals surface area contributed by atoms with Crippen molar-refractivity contribution >= 4 is 17.7 Å². The second-order valence-electron chi connectivity index (χ2n) is 8.68. The van der Waals surface area contributed by atoms with Crippen molar-refractivity contribution in [1.82, 2.24) is 14.8 Å². The van der Waals surface area contributed by atoms with Gasteiger partial charge < -0.3 is 14.9 Å². The summed E-state index contributed by atoms with van der Waals surface area (Å²) in [6.07, 6.45) is 0.667. The number of hydrogen-bond donors (Lipinski definition) is 1. The number of aromatic nitrogens is 1. The van der Waals surface area contributed by atoms with Crippen LogP contribution in [0.15, 0.2) is 66.9 Å². The van der Waals surface area contributed by atoms with Crippen molar-refractivity contribution in [3.63, 3.8) is 0 Å². The normalized spacial score (nSPS) is 15.9. The van der Waals surface area contributed by atoms with E-state index in [9.17, 15) is 20.0 Å². The summed E-state index contributed by atoms with van der Waals surface area (Å²) >= 11 is 0. The Morgan fingerprint density at radius 2 is 1.86 bits per heavy atom. The topological polar surface area (TPSA) is 101 Å². The lowest BCUT2D eigenvalue weighted by Gasteiger charge is -2.38. The Morgan fingerprint density at radius 3 is 2.49 bits per heavy atom. The molecule has 1 atom stereocenters. The zero-order valence-electron chi connectivity index (χ0n) is 19.8. The van der Waals surface area contributed by atoms with Crippen molar-refractivity contribution in [1.29, 1.82) is 5.26 Å². The van der Waals surface area contributed by atoms with Crippen LogP contribution in [0.25, 0.3) is 11.3 Å². The molecule has 2 amide bonds. The number of nitrogens with zero attached hydrogens (tertiary/aromatic N) is 5. The van der Waals surface area contributed by atoms with Gasteiger partial charge in [-0.15, -0.1) is 0 Å². The number of carboxylic acid groups (broad SMARTS) is 1. The molecule has 3 aromatic rings. The zero-order chi connectivity index (χ0) is 24.9. The number of hydrogen-bond acceptors (Lipinski definition) is 5. The molecule has 1 saturated heterocycles. The second-order valence-corrected chi connectivity index (χ2v) is 8.68. The SMILES string of the molecule is C[C@H]1CN(Cc2ccc(N(C)C(=O)c3ccc(-c4ccccc4C#N)nc3)cc2)CCN1C(=O)O. The van der Waals surface area contributed by atoms with Crippen LogP contribution in [0.5, 0.6) is 0 Å². The first-order chi connectivity index (χ1) is 16.9. The standard InChI is InChI=1S/C27H27N5O3/c1-19-17-31(13-14-32(19)27(34)35)18-20-7-10-23(11-8-20)30(2)26(33)22-9-12-25(29-16-22)24-6-4-3-5-21(24)15-28/h3-12,16,19H,13-14,17-18H2,1-2H3,(H,34,35)/t19-/m0/s1. The Balaban J connectivity index is 1.40. The van der Waals surface area contributed by atoms with Gasteiger partial charge in [-0.1, -0.05) is 30.3 Å². The first-order valence-corrected chi connectivity index (χ1v) is 11.4. The maximum atomic E-state index is 13.0. The molecule has 4 rings (SSSR count). The largest absolute Gasteiger partial charge is 0.465 e. The highest BCUT2D eigenvalue weighted by Gasteiger charge is 2.27. The van der Waals surface area contributed by atoms with Crippen molar-refractivity contribution in [3.8, 4) is 17.3 Å². The van der Waals surface area contributed by atoms with E-state index in [2.05, 4.69) is 16.0 Å². The Labute approximate surface area is 204 Å². The number of benzene rings is 2. The molecule has 0 unspecified atom stereocenters. The Kier molecular flexibility index (Phi) is 7.09. The number of rotatable bonds is 5. The number of piperazine rings is 1. The Bertz CT molecular complexity index is 1250. The quantitative estimate of drug-likeness (QED) is 0.604. The number of carbonyl (C=O) groups is 2. The van der Waals surface area contributed by atoms with Gasteiger partial charge in [-0.05, 0) is 42.8 Å². The van der Waals surface area contributed by atoms with Crippen LogP contribution in [-0.2, 0) is 6.54 Å². The molecule has 8 nitrogen and oxygen atoms in total. The molecule has 178 valence electrons. The van der Waals surface area contributed by atoms with Gasteiger partial charge in [-0.25, -0.2) is 4.79 Å². The van der Waals surface area contributed by atoms with Crippen molar-refractivity contribution in [3.05, 3.63) is 83.6 Å². The molecule has 8 heteroatoms. The van der Waals surface area contributed by atoms with E-state index in [-0.39, 0.29) is 11.9 Å². The van der Waals surface area contributed by atoms with E-state index in [1.807, 2.05) is 43.3 Å². The predicted molar refractivity (Wildman–Crippen MR) is 133 cm³/mol. The number of amides is 2. The smallest absolute Gasteiger partial charge is 0.407 e. The van der Waals surface area contributed by atoms with Crippen molar-refractivity contribution in [2.24, 2.45) is 0 Å². The molecule has 0 radical (unpaired) electrons. The summed E-state index contributed by atoms with van der Waals surface area (Å²) < 4.78 is 0. The third-order valence-electron chi connectivity index (χ3n) is 6.33. The lowest BCUT2D eigenvalue weighted by molar-refractivity contribution is 0.0711. The van der Waals surface area contributed by atoms with Gasteiger partial charge in [0.1, 0.15) is 0 Å². The molecule has 1 N–H and O–H groups in total. The van der Waals surface area contributed by atoms with Crippen molar-refractivity contribution < 1.29 is 14.7 Å². The first kappa shape index (κ1) is 23.9. The fourth-order valence-electron chi connectivity index (χ4n) is 4.34. The molecule has 1 aliphatic heterocycles.